The second-order valence-corrected chi connectivity index (χ2v) is 4.69. The number of nitrogens with one attached hydrogen (secondary N) is 1. The average Bonchev–Trinajstić information content (AvgIpc) is 2.75. The van der Waals surface area contributed by atoms with E-state index in [-0.39, 0.29) is 0 Å². The minimum absolute atomic E-state index is 0.666. The summed E-state index contributed by atoms with van der Waals surface area (Å²) in [4.78, 5) is 0. The fourth-order valence-electron chi connectivity index (χ4n) is 2.21. The van der Waals surface area contributed by atoms with Crippen LogP contribution < -0.4 is 5.32 Å². The fraction of sp³-hybridized carbons (Fsp3) is 0.786. The monoisotopic (exact) mass is 237 g/mol. The molecule has 0 aliphatic rings. The third kappa shape index (κ3) is 5.35. The van der Waals surface area contributed by atoms with Gasteiger partial charge < -0.3 is 5.32 Å². The lowest BCUT2D eigenvalue weighted by Crippen LogP contribution is -2.29. The molecule has 17 heavy (non-hydrogen) atoms. The summed E-state index contributed by atoms with van der Waals surface area (Å²) in [6.45, 7) is 8.72. The SMILES string of the molecule is CCCC(CCc1cnn(CCC)c1)NCC. The lowest BCUT2D eigenvalue weighted by molar-refractivity contribution is 0.459. The third-order valence-corrected chi connectivity index (χ3v) is 3.05. The van der Waals surface area contributed by atoms with Gasteiger partial charge in [-0.15, -0.1) is 0 Å². The number of aromatic nitrogens is 2. The van der Waals surface area contributed by atoms with E-state index in [1.165, 1.54) is 24.8 Å². The van der Waals surface area contributed by atoms with Gasteiger partial charge in [0.15, 0.2) is 0 Å². The Morgan fingerprint density at radius 1 is 1.24 bits per heavy atom. The zero-order valence-electron chi connectivity index (χ0n) is 11.6. The highest BCUT2D eigenvalue weighted by atomic mass is 15.3. The summed E-state index contributed by atoms with van der Waals surface area (Å²) < 4.78 is 2.05. The molecule has 1 heterocycles. The molecule has 0 aliphatic carbocycles. The lowest BCUT2D eigenvalue weighted by Gasteiger charge is -2.16. The Bertz CT molecular complexity index is 287. The molecule has 0 aromatic carbocycles. The van der Waals surface area contributed by atoms with Gasteiger partial charge in [0.1, 0.15) is 0 Å². The van der Waals surface area contributed by atoms with Crippen LogP contribution >= 0.6 is 0 Å². The molecule has 0 spiro atoms. The van der Waals surface area contributed by atoms with E-state index < -0.39 is 0 Å². The highest BCUT2D eigenvalue weighted by Gasteiger charge is 2.07. The maximum Gasteiger partial charge on any atom is 0.0521 e. The standard InChI is InChI=1S/C14H27N3/c1-4-7-14(15-6-3)9-8-13-11-16-17(12-13)10-5-2/h11-12,14-15H,4-10H2,1-3H3. The van der Waals surface area contributed by atoms with Crippen molar-refractivity contribution in [3.8, 4) is 0 Å². The van der Waals surface area contributed by atoms with Crippen LogP contribution in [0, 0.1) is 0 Å². The molecule has 0 saturated carbocycles. The van der Waals surface area contributed by atoms with E-state index in [4.69, 9.17) is 0 Å². The normalized spacial score (nSPS) is 12.9. The van der Waals surface area contributed by atoms with Crippen LogP contribution in [0.1, 0.15) is 52.0 Å². The molecule has 3 heteroatoms. The minimum atomic E-state index is 0.666. The van der Waals surface area contributed by atoms with E-state index >= 15 is 0 Å². The van der Waals surface area contributed by atoms with Gasteiger partial charge >= 0.3 is 0 Å². The summed E-state index contributed by atoms with van der Waals surface area (Å²) in [5, 5.41) is 7.93. The van der Waals surface area contributed by atoms with Crippen LogP contribution in [-0.2, 0) is 13.0 Å². The van der Waals surface area contributed by atoms with Crippen LogP contribution in [0.2, 0.25) is 0 Å². The number of nitrogens with zero attached hydrogens (tertiary/aromatic N) is 2. The topological polar surface area (TPSA) is 29.9 Å². The maximum absolute atomic E-state index is 4.37. The molecule has 0 radical (unpaired) electrons. The van der Waals surface area contributed by atoms with Crippen LogP contribution in [0.15, 0.2) is 12.4 Å². The number of hydrogen-bond donors (Lipinski definition) is 1. The van der Waals surface area contributed by atoms with Crippen molar-refractivity contribution in [1.82, 2.24) is 15.1 Å². The van der Waals surface area contributed by atoms with Gasteiger partial charge in [-0.1, -0.05) is 27.2 Å². The predicted molar refractivity (Wildman–Crippen MR) is 73.2 cm³/mol. The van der Waals surface area contributed by atoms with Crippen molar-refractivity contribution in [3.05, 3.63) is 18.0 Å². The van der Waals surface area contributed by atoms with Crippen molar-refractivity contribution in [3.63, 3.8) is 0 Å². The predicted octanol–water partition coefficient (Wildman–Crippen LogP) is 3.00. The van der Waals surface area contributed by atoms with Crippen molar-refractivity contribution in [2.45, 2.75) is 65.5 Å². The average molecular weight is 237 g/mol. The molecule has 98 valence electrons. The maximum atomic E-state index is 4.37. The Balaban J connectivity index is 2.35. The first-order valence-corrected chi connectivity index (χ1v) is 7.04. The van der Waals surface area contributed by atoms with Crippen LogP contribution in [0.4, 0.5) is 0 Å². The van der Waals surface area contributed by atoms with Gasteiger partial charge in [-0.2, -0.15) is 5.10 Å². The van der Waals surface area contributed by atoms with Crippen LogP contribution in [0.3, 0.4) is 0 Å². The summed E-state index contributed by atoms with van der Waals surface area (Å²) in [5.74, 6) is 0. The zero-order valence-corrected chi connectivity index (χ0v) is 11.6. The highest BCUT2D eigenvalue weighted by Crippen LogP contribution is 2.08. The molecule has 0 bridgehead atoms. The Hall–Kier alpha value is -0.830. The second kappa shape index (κ2) is 8.29. The molecule has 0 aliphatic heterocycles. The number of rotatable bonds is 9. The molecule has 1 rings (SSSR count). The summed E-state index contributed by atoms with van der Waals surface area (Å²) in [6.07, 6.45) is 10.3. The second-order valence-electron chi connectivity index (χ2n) is 4.69. The van der Waals surface area contributed by atoms with E-state index in [1.807, 2.05) is 6.20 Å². The Morgan fingerprint density at radius 2 is 2.06 bits per heavy atom. The Labute approximate surface area is 106 Å². The van der Waals surface area contributed by atoms with Crippen molar-refractivity contribution < 1.29 is 0 Å². The summed E-state index contributed by atoms with van der Waals surface area (Å²) in [7, 11) is 0. The van der Waals surface area contributed by atoms with Crippen LogP contribution in [-0.4, -0.2) is 22.4 Å². The Morgan fingerprint density at radius 3 is 2.71 bits per heavy atom. The van der Waals surface area contributed by atoms with Gasteiger partial charge in [0.25, 0.3) is 0 Å². The lowest BCUT2D eigenvalue weighted by atomic mass is 10.0. The molecule has 1 atom stereocenters. The van der Waals surface area contributed by atoms with Crippen molar-refractivity contribution in [2.24, 2.45) is 0 Å². The molecular formula is C14H27N3. The molecule has 1 N–H and O–H groups in total. The van der Waals surface area contributed by atoms with E-state index in [1.54, 1.807) is 0 Å². The first-order chi connectivity index (χ1) is 8.30. The molecule has 0 fully saturated rings. The summed E-state index contributed by atoms with van der Waals surface area (Å²) in [5.41, 5.74) is 1.37. The zero-order chi connectivity index (χ0) is 12.5. The number of hydrogen-bond acceptors (Lipinski definition) is 2. The molecular weight excluding hydrogens is 210 g/mol. The Kier molecular flexibility index (Phi) is 6.94. The first-order valence-electron chi connectivity index (χ1n) is 7.04. The minimum Gasteiger partial charge on any atom is -0.314 e. The highest BCUT2D eigenvalue weighted by molar-refractivity contribution is 5.04. The van der Waals surface area contributed by atoms with E-state index in [2.05, 4.69) is 42.1 Å². The van der Waals surface area contributed by atoms with Crippen molar-refractivity contribution in [2.75, 3.05) is 6.54 Å². The fourth-order valence-corrected chi connectivity index (χ4v) is 2.21. The van der Waals surface area contributed by atoms with Crippen molar-refractivity contribution >= 4 is 0 Å². The quantitative estimate of drug-likeness (QED) is 0.715. The molecule has 3 nitrogen and oxygen atoms in total. The molecule has 1 aromatic heterocycles. The summed E-state index contributed by atoms with van der Waals surface area (Å²) in [6, 6.07) is 0.666. The number of aryl methyl sites for hydroxylation is 2. The molecule has 1 unspecified atom stereocenters. The first kappa shape index (κ1) is 14.2. The largest absolute Gasteiger partial charge is 0.314 e. The summed E-state index contributed by atoms with van der Waals surface area (Å²) >= 11 is 0. The van der Waals surface area contributed by atoms with Gasteiger partial charge in [-0.05, 0) is 37.8 Å². The van der Waals surface area contributed by atoms with Gasteiger partial charge in [0.2, 0.25) is 0 Å². The van der Waals surface area contributed by atoms with E-state index in [9.17, 15) is 0 Å². The van der Waals surface area contributed by atoms with Crippen molar-refractivity contribution in [1.29, 1.82) is 0 Å². The molecule has 0 amide bonds. The smallest absolute Gasteiger partial charge is 0.0521 e. The molecule has 1 aromatic rings. The van der Waals surface area contributed by atoms with Gasteiger partial charge in [0.05, 0.1) is 6.20 Å². The van der Waals surface area contributed by atoms with Crippen LogP contribution in [0.5, 0.6) is 0 Å². The van der Waals surface area contributed by atoms with Crippen LogP contribution in [0.25, 0.3) is 0 Å². The van der Waals surface area contributed by atoms with Gasteiger partial charge in [-0.3, -0.25) is 4.68 Å². The van der Waals surface area contributed by atoms with Gasteiger partial charge in [-0.25, -0.2) is 0 Å². The molecule has 0 saturated heterocycles. The third-order valence-electron chi connectivity index (χ3n) is 3.05. The van der Waals surface area contributed by atoms with E-state index in [0.717, 1.165) is 25.9 Å². The van der Waals surface area contributed by atoms with E-state index in [0.29, 0.717) is 6.04 Å². The van der Waals surface area contributed by atoms with Gasteiger partial charge in [0, 0.05) is 18.8 Å².